The lowest BCUT2D eigenvalue weighted by molar-refractivity contribution is -0.138. The number of fused-ring (bicyclic) bond motifs is 4. The van der Waals surface area contributed by atoms with Crippen LogP contribution in [-0.4, -0.2) is 10.8 Å². The van der Waals surface area contributed by atoms with Gasteiger partial charge in [0.15, 0.2) is 0 Å². The number of carbonyl (C=O) groups excluding carboxylic acids is 1. The molecule has 0 bridgehead atoms. The minimum absolute atomic E-state index is 0.0680. The minimum atomic E-state index is -4.45. The Hall–Kier alpha value is -3.22. The molecule has 0 amide bonds. The summed E-state index contributed by atoms with van der Waals surface area (Å²) in [4.78, 5) is 16.1. The second kappa shape index (κ2) is 7.90. The normalized spacial score (nSPS) is 24.0. The number of alkyl halides is 3. The van der Waals surface area contributed by atoms with E-state index in [9.17, 15) is 22.4 Å². The van der Waals surface area contributed by atoms with Crippen LogP contribution in [0.25, 0.3) is 0 Å². The Morgan fingerprint density at radius 3 is 2.66 bits per heavy atom. The molecular weight excluding hydrogens is 458 g/mol. The highest BCUT2D eigenvalue weighted by atomic mass is 19.4. The number of hydrogen-bond acceptors (Lipinski definition) is 3. The number of aromatic nitrogens is 1. The molecule has 3 aromatic rings. The third-order valence-corrected chi connectivity index (χ3v) is 7.86. The van der Waals surface area contributed by atoms with Crippen molar-refractivity contribution in [3.63, 3.8) is 0 Å². The fraction of sp³-hybridized carbons (Fsp3) is 0.357. The van der Waals surface area contributed by atoms with E-state index in [-0.39, 0.29) is 29.8 Å². The number of ether oxygens (including phenoxy) is 1. The van der Waals surface area contributed by atoms with Gasteiger partial charge in [0.2, 0.25) is 5.88 Å². The number of Topliss-reactive ketones (excluding diaryl/α,β-unsaturated/α-hetero) is 1. The summed E-state index contributed by atoms with van der Waals surface area (Å²) in [5.41, 5.74) is 3.54. The van der Waals surface area contributed by atoms with E-state index in [1.807, 2.05) is 6.07 Å². The molecule has 3 aliphatic rings. The van der Waals surface area contributed by atoms with Gasteiger partial charge in [0.1, 0.15) is 18.2 Å². The van der Waals surface area contributed by atoms with Crippen LogP contribution in [0.5, 0.6) is 5.88 Å². The van der Waals surface area contributed by atoms with Gasteiger partial charge in [-0.1, -0.05) is 18.2 Å². The number of benzene rings is 2. The van der Waals surface area contributed by atoms with Gasteiger partial charge in [0.05, 0.1) is 5.56 Å². The lowest BCUT2D eigenvalue weighted by Gasteiger charge is -2.19. The van der Waals surface area contributed by atoms with Crippen LogP contribution in [0.1, 0.15) is 64.1 Å². The molecule has 1 heterocycles. The van der Waals surface area contributed by atoms with E-state index in [0.717, 1.165) is 34.7 Å². The van der Waals surface area contributed by atoms with Crippen molar-refractivity contribution in [2.24, 2.45) is 11.8 Å². The van der Waals surface area contributed by atoms with E-state index < -0.39 is 23.5 Å². The summed E-state index contributed by atoms with van der Waals surface area (Å²) >= 11 is 0. The van der Waals surface area contributed by atoms with E-state index in [1.54, 1.807) is 25.3 Å². The van der Waals surface area contributed by atoms with Gasteiger partial charge in [-0.05, 0) is 84.0 Å². The number of ketones is 1. The smallest absolute Gasteiger partial charge is 0.416 e. The molecular formula is C28H23F4NO2. The number of pyridine rings is 1. The number of aryl methyl sites for hydroxylation is 1. The molecule has 0 aliphatic heterocycles. The largest absolute Gasteiger partial charge is 0.473 e. The topological polar surface area (TPSA) is 39.2 Å². The molecule has 4 atom stereocenters. The number of halogens is 4. The lowest BCUT2D eigenvalue weighted by atomic mass is 9.88. The maximum absolute atomic E-state index is 14.8. The van der Waals surface area contributed by atoms with E-state index >= 15 is 0 Å². The van der Waals surface area contributed by atoms with Crippen LogP contribution in [0.3, 0.4) is 0 Å². The highest BCUT2D eigenvalue weighted by Crippen LogP contribution is 2.61. The maximum Gasteiger partial charge on any atom is 0.416 e. The highest BCUT2D eigenvalue weighted by Gasteiger charge is 2.58. The first-order valence-electron chi connectivity index (χ1n) is 11.8. The van der Waals surface area contributed by atoms with Gasteiger partial charge in [0.25, 0.3) is 0 Å². The highest BCUT2D eigenvalue weighted by molar-refractivity contribution is 5.84. The van der Waals surface area contributed by atoms with Gasteiger partial charge < -0.3 is 4.74 Å². The first kappa shape index (κ1) is 22.3. The molecule has 7 heteroatoms. The zero-order valence-corrected chi connectivity index (χ0v) is 19.0. The summed E-state index contributed by atoms with van der Waals surface area (Å²) in [6, 6.07) is 10.5. The molecule has 1 unspecified atom stereocenters. The van der Waals surface area contributed by atoms with E-state index in [1.165, 1.54) is 18.2 Å². The summed E-state index contributed by atoms with van der Waals surface area (Å²) in [6.45, 7) is 1.56. The van der Waals surface area contributed by atoms with Crippen molar-refractivity contribution in [1.29, 1.82) is 0 Å². The van der Waals surface area contributed by atoms with Gasteiger partial charge in [-0.2, -0.15) is 13.2 Å². The predicted molar refractivity (Wildman–Crippen MR) is 121 cm³/mol. The van der Waals surface area contributed by atoms with Gasteiger partial charge in [-0.15, -0.1) is 0 Å². The summed E-state index contributed by atoms with van der Waals surface area (Å²) in [5, 5.41) is 0. The van der Waals surface area contributed by atoms with Crippen LogP contribution in [-0.2, 0) is 30.4 Å². The number of hydrogen-bond donors (Lipinski definition) is 0. The Labute approximate surface area is 200 Å². The zero-order chi connectivity index (χ0) is 24.5. The van der Waals surface area contributed by atoms with Crippen molar-refractivity contribution in [1.82, 2.24) is 4.98 Å². The molecule has 1 saturated carbocycles. The third-order valence-electron chi connectivity index (χ3n) is 7.86. The fourth-order valence-corrected chi connectivity index (χ4v) is 6.22. The van der Waals surface area contributed by atoms with Crippen molar-refractivity contribution in [3.8, 4) is 5.88 Å². The fourth-order valence-electron chi connectivity index (χ4n) is 6.22. The molecule has 0 saturated heterocycles. The number of rotatable bonds is 5. The number of nitrogens with zero attached hydrogens (tertiary/aromatic N) is 1. The van der Waals surface area contributed by atoms with Crippen molar-refractivity contribution in [2.75, 3.05) is 0 Å². The molecule has 1 aromatic heterocycles. The van der Waals surface area contributed by atoms with Gasteiger partial charge in [-0.25, -0.2) is 9.37 Å². The van der Waals surface area contributed by atoms with Crippen molar-refractivity contribution in [2.45, 2.75) is 50.8 Å². The zero-order valence-electron chi connectivity index (χ0n) is 19.0. The standard InChI is InChI=1S/C28H23F4NO2/c1-14(34)26-21-8-16-11-25(33-12-22(16)27(21)26)35-13-17-9-20-15(10-24(17)29)6-7-18(20)19-4-2-3-5-23(19)28(30,31)32/h2-5,9-12,18,21,26-27H,6-8,13H2,1H3/t18?,21-,26-,27+/m0/s1. The molecule has 3 nitrogen and oxygen atoms in total. The molecule has 0 spiro atoms. The Morgan fingerprint density at radius 2 is 1.89 bits per heavy atom. The van der Waals surface area contributed by atoms with Crippen molar-refractivity contribution < 1.29 is 27.1 Å². The lowest BCUT2D eigenvalue weighted by Crippen LogP contribution is -2.12. The van der Waals surface area contributed by atoms with Gasteiger partial charge >= 0.3 is 6.18 Å². The van der Waals surface area contributed by atoms with E-state index in [2.05, 4.69) is 4.98 Å². The maximum atomic E-state index is 14.8. The van der Waals surface area contributed by atoms with Crippen LogP contribution in [0.2, 0.25) is 0 Å². The SMILES string of the molecule is CC(=O)[C@H]1[C@@H]2Cc3cc(OCc4cc5c(cc4F)CCC5c4ccccc4C(F)(F)F)ncc3[C@@H]21. The van der Waals surface area contributed by atoms with E-state index in [4.69, 9.17) is 4.74 Å². The molecule has 35 heavy (non-hydrogen) atoms. The first-order valence-corrected chi connectivity index (χ1v) is 11.8. The Bertz CT molecular complexity index is 1350. The minimum Gasteiger partial charge on any atom is -0.473 e. The van der Waals surface area contributed by atoms with Crippen molar-refractivity contribution >= 4 is 5.78 Å². The molecule has 3 aliphatic carbocycles. The second-order valence-corrected chi connectivity index (χ2v) is 9.86. The molecule has 1 fully saturated rings. The molecule has 2 aromatic carbocycles. The summed E-state index contributed by atoms with van der Waals surface area (Å²) in [7, 11) is 0. The quantitative estimate of drug-likeness (QED) is 0.398. The molecule has 6 rings (SSSR count). The van der Waals surface area contributed by atoms with Crippen LogP contribution in [0.15, 0.2) is 48.7 Å². The summed E-state index contributed by atoms with van der Waals surface area (Å²) in [6.07, 6.45) is -0.851. The predicted octanol–water partition coefficient (Wildman–Crippen LogP) is 6.37. The average Bonchev–Trinajstić information content (AvgIpc) is 3.19. The van der Waals surface area contributed by atoms with Crippen LogP contribution < -0.4 is 4.74 Å². The molecule has 0 N–H and O–H groups in total. The third kappa shape index (κ3) is 3.72. The summed E-state index contributed by atoms with van der Waals surface area (Å²) in [5.74, 6) is 0.436. The number of carbonyl (C=O) groups is 1. The average molecular weight is 481 g/mol. The Kier molecular flexibility index (Phi) is 5.02. The second-order valence-electron chi connectivity index (χ2n) is 9.86. The van der Waals surface area contributed by atoms with Crippen molar-refractivity contribution in [3.05, 3.63) is 93.4 Å². The van der Waals surface area contributed by atoms with Crippen LogP contribution >= 0.6 is 0 Å². The van der Waals surface area contributed by atoms with Gasteiger partial charge in [-0.3, -0.25) is 4.79 Å². The van der Waals surface area contributed by atoms with Gasteiger partial charge in [0, 0.05) is 29.7 Å². The molecule has 180 valence electrons. The first-order chi connectivity index (χ1) is 16.7. The Balaban J connectivity index is 1.23. The van der Waals surface area contributed by atoms with E-state index in [0.29, 0.717) is 30.2 Å². The summed E-state index contributed by atoms with van der Waals surface area (Å²) < 4.78 is 61.5. The van der Waals surface area contributed by atoms with Crippen LogP contribution in [0, 0.1) is 17.7 Å². The van der Waals surface area contributed by atoms with Crippen LogP contribution in [0.4, 0.5) is 17.6 Å². The monoisotopic (exact) mass is 481 g/mol. The Morgan fingerprint density at radius 1 is 1.09 bits per heavy atom. The molecule has 0 radical (unpaired) electrons.